The van der Waals surface area contributed by atoms with Gasteiger partial charge in [0, 0.05) is 44.1 Å². The van der Waals surface area contributed by atoms with Gasteiger partial charge in [0.2, 0.25) is 0 Å². The first-order chi connectivity index (χ1) is 31.2. The summed E-state index contributed by atoms with van der Waals surface area (Å²) in [7, 11) is 0. The molecule has 12 aromatic rings. The second kappa shape index (κ2) is 15.2. The monoisotopic (exact) mass is 802 g/mol. The molecule has 0 N–H and O–H groups in total. The van der Waals surface area contributed by atoms with Crippen LogP contribution in [0.3, 0.4) is 0 Å². The maximum Gasteiger partial charge on any atom is 0.160 e. The lowest BCUT2D eigenvalue weighted by Gasteiger charge is -2.16. The maximum absolute atomic E-state index is 5.37. The summed E-state index contributed by atoms with van der Waals surface area (Å²) in [6.07, 6.45) is 0. The summed E-state index contributed by atoms with van der Waals surface area (Å²) in [6.45, 7) is 0. The normalized spacial score (nSPS) is 11.5. The number of nitrogens with zero attached hydrogens (tertiary/aromatic N) is 4. The van der Waals surface area contributed by atoms with Crippen LogP contribution in [0, 0.1) is 0 Å². The Balaban J connectivity index is 1.03. The van der Waals surface area contributed by atoms with Gasteiger partial charge in [0.15, 0.2) is 5.82 Å². The van der Waals surface area contributed by atoms with E-state index in [1.807, 2.05) is 12.1 Å². The summed E-state index contributed by atoms with van der Waals surface area (Å²) in [4.78, 5) is 16.0. The Labute approximate surface area is 365 Å². The topological polar surface area (TPSA) is 43.6 Å². The van der Waals surface area contributed by atoms with Gasteiger partial charge in [-0.2, -0.15) is 0 Å². The van der Waals surface area contributed by atoms with E-state index >= 15 is 0 Å². The highest BCUT2D eigenvalue weighted by Crippen LogP contribution is 2.42. The average Bonchev–Trinajstić information content (AvgIpc) is 3.71. The van der Waals surface area contributed by atoms with E-state index in [0.29, 0.717) is 5.82 Å². The minimum Gasteiger partial charge on any atom is -0.309 e. The van der Waals surface area contributed by atoms with Gasteiger partial charge < -0.3 is 4.57 Å². The van der Waals surface area contributed by atoms with Crippen LogP contribution in [0.4, 0.5) is 0 Å². The Hall–Kier alpha value is -8.47. The molecule has 0 unspecified atom stereocenters. The summed E-state index contributed by atoms with van der Waals surface area (Å²) >= 11 is 0. The van der Waals surface area contributed by atoms with E-state index in [1.165, 1.54) is 21.8 Å². The van der Waals surface area contributed by atoms with E-state index in [4.69, 9.17) is 15.0 Å². The third kappa shape index (κ3) is 6.44. The van der Waals surface area contributed by atoms with Crippen LogP contribution in [0.15, 0.2) is 231 Å². The average molecular weight is 803 g/mol. The van der Waals surface area contributed by atoms with Crippen molar-refractivity contribution < 1.29 is 0 Å². The van der Waals surface area contributed by atoms with Gasteiger partial charge in [-0.25, -0.2) is 15.0 Å². The molecule has 0 fully saturated rings. The summed E-state index contributed by atoms with van der Waals surface area (Å²) in [5.74, 6) is 0.663. The highest BCUT2D eigenvalue weighted by molar-refractivity contribution is 6.18. The number of pyridine rings is 1. The molecule has 0 spiro atoms. The molecule has 0 saturated carbocycles. The number of para-hydroxylation sites is 2. The van der Waals surface area contributed by atoms with E-state index < -0.39 is 0 Å². The fourth-order valence-electron chi connectivity index (χ4n) is 9.26. The van der Waals surface area contributed by atoms with Crippen LogP contribution >= 0.6 is 0 Å². The third-order valence-corrected chi connectivity index (χ3v) is 12.2. The molecule has 0 amide bonds. The molecule has 0 aliphatic carbocycles. The van der Waals surface area contributed by atoms with Crippen molar-refractivity contribution in [2.24, 2.45) is 0 Å². The molecule has 0 aliphatic heterocycles. The van der Waals surface area contributed by atoms with Gasteiger partial charge in [0.1, 0.15) is 0 Å². The van der Waals surface area contributed by atoms with Gasteiger partial charge in [-0.1, -0.05) is 182 Å². The highest BCUT2D eigenvalue weighted by atomic mass is 15.0. The Kier molecular flexibility index (Phi) is 8.79. The Bertz CT molecular complexity index is 3620. The van der Waals surface area contributed by atoms with E-state index in [2.05, 4.69) is 223 Å². The van der Waals surface area contributed by atoms with Gasteiger partial charge >= 0.3 is 0 Å². The van der Waals surface area contributed by atoms with Gasteiger partial charge in [0.25, 0.3) is 0 Å². The van der Waals surface area contributed by atoms with Crippen LogP contribution in [0.1, 0.15) is 0 Å². The summed E-state index contributed by atoms with van der Waals surface area (Å²) < 4.78 is 2.35. The molecule has 0 radical (unpaired) electrons. The predicted molar refractivity (Wildman–Crippen MR) is 262 cm³/mol. The van der Waals surface area contributed by atoms with Crippen molar-refractivity contribution in [1.82, 2.24) is 19.5 Å². The lowest BCUT2D eigenvalue weighted by atomic mass is 9.90. The smallest absolute Gasteiger partial charge is 0.160 e. The second-order valence-electron chi connectivity index (χ2n) is 16.0. The first-order valence-electron chi connectivity index (χ1n) is 21.4. The zero-order valence-electron chi connectivity index (χ0n) is 34.2. The molecule has 3 aromatic heterocycles. The van der Waals surface area contributed by atoms with Crippen molar-refractivity contribution in [3.8, 4) is 73.1 Å². The minimum atomic E-state index is 0.663. The van der Waals surface area contributed by atoms with Crippen LogP contribution in [0.25, 0.3) is 117 Å². The summed E-state index contributed by atoms with van der Waals surface area (Å²) in [5, 5.41) is 5.93. The fourth-order valence-corrected chi connectivity index (χ4v) is 9.26. The van der Waals surface area contributed by atoms with Crippen molar-refractivity contribution in [2.45, 2.75) is 0 Å². The Morgan fingerprint density at radius 2 is 0.778 bits per heavy atom. The van der Waals surface area contributed by atoms with Gasteiger partial charge in [-0.05, 0) is 81.6 Å². The van der Waals surface area contributed by atoms with Crippen LogP contribution in [0.5, 0.6) is 0 Å². The third-order valence-electron chi connectivity index (χ3n) is 12.2. The number of benzene rings is 9. The van der Waals surface area contributed by atoms with Crippen LogP contribution < -0.4 is 0 Å². The molecule has 12 rings (SSSR count). The number of rotatable bonds is 7. The van der Waals surface area contributed by atoms with Crippen molar-refractivity contribution >= 4 is 43.5 Å². The van der Waals surface area contributed by atoms with Crippen molar-refractivity contribution in [1.29, 1.82) is 0 Å². The lowest BCUT2D eigenvalue weighted by Crippen LogP contribution is -1.98. The molecule has 294 valence electrons. The van der Waals surface area contributed by atoms with Crippen molar-refractivity contribution in [2.75, 3.05) is 0 Å². The van der Waals surface area contributed by atoms with Crippen LogP contribution in [-0.2, 0) is 0 Å². The van der Waals surface area contributed by atoms with E-state index in [9.17, 15) is 0 Å². The van der Waals surface area contributed by atoms with Crippen molar-refractivity contribution in [3.05, 3.63) is 231 Å². The zero-order chi connectivity index (χ0) is 41.7. The van der Waals surface area contributed by atoms with Crippen LogP contribution in [0.2, 0.25) is 0 Å². The molecule has 0 bridgehead atoms. The first kappa shape index (κ1) is 36.4. The fraction of sp³-hybridized carbons (Fsp3) is 0. The van der Waals surface area contributed by atoms with Gasteiger partial charge in [-0.15, -0.1) is 0 Å². The van der Waals surface area contributed by atoms with E-state index in [0.717, 1.165) is 89.0 Å². The Morgan fingerprint density at radius 3 is 1.44 bits per heavy atom. The lowest BCUT2D eigenvalue weighted by molar-refractivity contribution is 1.16. The molecule has 4 heteroatoms. The number of fused-ring (bicyclic) bond motifs is 6. The minimum absolute atomic E-state index is 0.663. The number of hydrogen-bond donors (Lipinski definition) is 0. The SMILES string of the molecule is c1ccc(-c2cc(-c3cccc(-n4c5ccccc5c5ccccc54)c3)nc(-c3cccc(-c4cc5nc(-c6ccccc6)cc(-c6ccccc6)c5c5ccccc45)c3)n2)cc1. The molecule has 0 saturated heterocycles. The van der Waals surface area contributed by atoms with E-state index in [-0.39, 0.29) is 0 Å². The molecule has 0 aliphatic rings. The standard InChI is InChI=1S/C59H38N4/c1-4-18-39(19-5-1)51-37-52(40-20-6-2-7-21-40)60-55-36-50(46-28-10-11-31-49(46)58(51)55)42-24-16-26-44(34-42)59-61-53(41-22-8-3-9-23-41)38-54(62-59)43-25-17-27-45(35-43)63-56-32-14-12-29-47(56)48-30-13-15-33-57(48)63/h1-38H. The molecule has 0 atom stereocenters. The molecule has 3 heterocycles. The molecular formula is C59H38N4. The summed E-state index contributed by atoms with van der Waals surface area (Å²) in [5.41, 5.74) is 15.6. The number of hydrogen-bond acceptors (Lipinski definition) is 3. The molecule has 63 heavy (non-hydrogen) atoms. The molecular weight excluding hydrogens is 765 g/mol. The van der Waals surface area contributed by atoms with Crippen LogP contribution in [-0.4, -0.2) is 19.5 Å². The second-order valence-corrected chi connectivity index (χ2v) is 16.0. The largest absolute Gasteiger partial charge is 0.309 e. The molecule has 9 aromatic carbocycles. The predicted octanol–water partition coefficient (Wildman–Crippen LogP) is 15.3. The Morgan fingerprint density at radius 1 is 0.286 bits per heavy atom. The molecule has 4 nitrogen and oxygen atoms in total. The zero-order valence-corrected chi connectivity index (χ0v) is 34.2. The summed E-state index contributed by atoms with van der Waals surface area (Å²) in [6, 6.07) is 81.5. The maximum atomic E-state index is 5.37. The quantitative estimate of drug-likeness (QED) is 0.151. The highest BCUT2D eigenvalue weighted by Gasteiger charge is 2.18. The van der Waals surface area contributed by atoms with Crippen molar-refractivity contribution in [3.63, 3.8) is 0 Å². The number of aromatic nitrogens is 4. The first-order valence-corrected chi connectivity index (χ1v) is 21.4. The van der Waals surface area contributed by atoms with Gasteiger partial charge in [-0.3, -0.25) is 0 Å². The van der Waals surface area contributed by atoms with E-state index in [1.54, 1.807) is 0 Å². The van der Waals surface area contributed by atoms with Gasteiger partial charge in [0.05, 0.1) is 33.6 Å².